The summed E-state index contributed by atoms with van der Waals surface area (Å²) in [6.07, 6.45) is 6.85. The van der Waals surface area contributed by atoms with Crippen molar-refractivity contribution in [3.8, 4) is 11.5 Å². The predicted octanol–water partition coefficient (Wildman–Crippen LogP) is 3.90. The SMILES string of the molecule is C/C=C/C(C)(C)CC1CC(c2ccc3c(c2)OCCO3)CN1. The van der Waals surface area contributed by atoms with Crippen LogP contribution in [0.3, 0.4) is 0 Å². The highest BCUT2D eigenvalue weighted by Crippen LogP contribution is 2.37. The lowest BCUT2D eigenvalue weighted by Gasteiger charge is -2.24. The van der Waals surface area contributed by atoms with Gasteiger partial charge in [-0.2, -0.15) is 0 Å². The molecule has 1 saturated heterocycles. The van der Waals surface area contributed by atoms with E-state index in [1.165, 1.54) is 18.4 Å². The number of rotatable bonds is 4. The highest BCUT2D eigenvalue weighted by molar-refractivity contribution is 5.45. The second kappa shape index (κ2) is 6.33. The molecular weight excluding hydrogens is 274 g/mol. The lowest BCUT2D eigenvalue weighted by atomic mass is 9.83. The molecule has 1 N–H and O–H groups in total. The molecule has 0 saturated carbocycles. The second-order valence-corrected chi connectivity index (χ2v) is 7.13. The predicted molar refractivity (Wildman–Crippen MR) is 89.8 cm³/mol. The van der Waals surface area contributed by atoms with Crippen LogP contribution in [0, 0.1) is 5.41 Å². The summed E-state index contributed by atoms with van der Waals surface area (Å²) in [7, 11) is 0. The Kier molecular flexibility index (Phi) is 4.44. The third-order valence-electron chi connectivity index (χ3n) is 4.65. The molecule has 1 aromatic carbocycles. The number of ether oxygens (including phenoxy) is 2. The molecule has 120 valence electrons. The summed E-state index contributed by atoms with van der Waals surface area (Å²) in [6.45, 7) is 9.08. The molecule has 2 aliphatic heterocycles. The standard InChI is InChI=1S/C19H27NO2/c1-4-7-19(2,3)12-16-10-15(13-20-16)14-5-6-17-18(11-14)22-9-8-21-17/h4-7,11,15-16,20H,8-10,12-13H2,1-3H3/b7-4+. The van der Waals surface area contributed by atoms with E-state index in [1.807, 2.05) is 0 Å². The third kappa shape index (κ3) is 3.46. The van der Waals surface area contributed by atoms with Gasteiger partial charge in [-0.15, -0.1) is 0 Å². The van der Waals surface area contributed by atoms with Crippen LogP contribution in [0.2, 0.25) is 0 Å². The van der Waals surface area contributed by atoms with E-state index in [4.69, 9.17) is 9.47 Å². The van der Waals surface area contributed by atoms with Gasteiger partial charge in [0.1, 0.15) is 13.2 Å². The Bertz CT molecular complexity index is 550. The van der Waals surface area contributed by atoms with Crippen molar-refractivity contribution in [1.29, 1.82) is 0 Å². The monoisotopic (exact) mass is 301 g/mol. The van der Waals surface area contributed by atoms with Gasteiger partial charge in [-0.25, -0.2) is 0 Å². The quantitative estimate of drug-likeness (QED) is 0.856. The molecule has 0 radical (unpaired) electrons. The lowest BCUT2D eigenvalue weighted by Crippen LogP contribution is -2.27. The van der Waals surface area contributed by atoms with Crippen LogP contribution in [0.1, 0.15) is 45.1 Å². The van der Waals surface area contributed by atoms with E-state index in [9.17, 15) is 0 Å². The van der Waals surface area contributed by atoms with Crippen molar-refractivity contribution >= 4 is 0 Å². The average Bonchev–Trinajstić information content (AvgIpc) is 2.94. The van der Waals surface area contributed by atoms with E-state index in [0.29, 0.717) is 25.2 Å². The maximum Gasteiger partial charge on any atom is 0.161 e. The molecule has 0 aliphatic carbocycles. The number of hydrogen-bond donors (Lipinski definition) is 1. The van der Waals surface area contributed by atoms with E-state index in [2.05, 4.69) is 56.4 Å². The Labute approximate surface area is 133 Å². The zero-order chi connectivity index (χ0) is 15.6. The molecule has 2 atom stereocenters. The number of allylic oxidation sites excluding steroid dienone is 2. The maximum atomic E-state index is 5.71. The summed E-state index contributed by atoms with van der Waals surface area (Å²) in [5.41, 5.74) is 1.62. The average molecular weight is 301 g/mol. The van der Waals surface area contributed by atoms with Gasteiger partial charge < -0.3 is 14.8 Å². The summed E-state index contributed by atoms with van der Waals surface area (Å²) in [5, 5.41) is 3.69. The Morgan fingerprint density at radius 2 is 2.00 bits per heavy atom. The van der Waals surface area contributed by atoms with Crippen LogP contribution in [0.4, 0.5) is 0 Å². The first kappa shape index (κ1) is 15.4. The number of nitrogens with one attached hydrogen (secondary N) is 1. The summed E-state index contributed by atoms with van der Waals surface area (Å²) in [4.78, 5) is 0. The van der Waals surface area contributed by atoms with Gasteiger partial charge in [-0.05, 0) is 48.8 Å². The van der Waals surface area contributed by atoms with E-state index in [-0.39, 0.29) is 5.41 Å². The van der Waals surface area contributed by atoms with Gasteiger partial charge in [-0.3, -0.25) is 0 Å². The number of hydrogen-bond acceptors (Lipinski definition) is 3. The molecule has 3 heteroatoms. The van der Waals surface area contributed by atoms with Gasteiger partial charge in [0.25, 0.3) is 0 Å². The molecule has 3 nitrogen and oxygen atoms in total. The maximum absolute atomic E-state index is 5.71. The smallest absolute Gasteiger partial charge is 0.161 e. The zero-order valence-electron chi connectivity index (χ0n) is 13.9. The van der Waals surface area contributed by atoms with Crippen LogP contribution in [0.15, 0.2) is 30.4 Å². The molecule has 0 amide bonds. The first-order valence-corrected chi connectivity index (χ1v) is 8.34. The minimum absolute atomic E-state index is 0.258. The van der Waals surface area contributed by atoms with Gasteiger partial charge in [0, 0.05) is 12.6 Å². The van der Waals surface area contributed by atoms with Crippen molar-refractivity contribution in [3.05, 3.63) is 35.9 Å². The Balaban J connectivity index is 1.65. The molecule has 2 aliphatic rings. The minimum atomic E-state index is 0.258. The van der Waals surface area contributed by atoms with Crippen molar-refractivity contribution in [2.45, 2.75) is 45.6 Å². The number of benzene rings is 1. The minimum Gasteiger partial charge on any atom is -0.486 e. The molecule has 22 heavy (non-hydrogen) atoms. The van der Waals surface area contributed by atoms with Crippen molar-refractivity contribution in [1.82, 2.24) is 5.32 Å². The van der Waals surface area contributed by atoms with Crippen molar-refractivity contribution in [3.63, 3.8) is 0 Å². The molecule has 1 aromatic rings. The van der Waals surface area contributed by atoms with E-state index in [1.54, 1.807) is 0 Å². The molecule has 3 rings (SSSR count). The van der Waals surface area contributed by atoms with Crippen molar-refractivity contribution < 1.29 is 9.47 Å². The fraction of sp³-hybridized carbons (Fsp3) is 0.579. The van der Waals surface area contributed by atoms with Crippen LogP contribution in [0.25, 0.3) is 0 Å². The molecular formula is C19H27NO2. The largest absolute Gasteiger partial charge is 0.486 e. The fourth-order valence-electron chi connectivity index (χ4n) is 3.70. The molecule has 0 bridgehead atoms. The first-order valence-electron chi connectivity index (χ1n) is 8.34. The summed E-state index contributed by atoms with van der Waals surface area (Å²) >= 11 is 0. The highest BCUT2D eigenvalue weighted by atomic mass is 16.6. The van der Waals surface area contributed by atoms with Gasteiger partial charge >= 0.3 is 0 Å². The van der Waals surface area contributed by atoms with E-state index >= 15 is 0 Å². The molecule has 2 unspecified atom stereocenters. The van der Waals surface area contributed by atoms with Gasteiger partial charge in [0.15, 0.2) is 11.5 Å². The summed E-state index contributed by atoms with van der Waals surface area (Å²) in [6, 6.07) is 7.00. The molecule has 0 spiro atoms. The van der Waals surface area contributed by atoms with Crippen LogP contribution in [-0.4, -0.2) is 25.8 Å². The van der Waals surface area contributed by atoms with Crippen LogP contribution in [-0.2, 0) is 0 Å². The zero-order valence-corrected chi connectivity index (χ0v) is 13.9. The lowest BCUT2D eigenvalue weighted by molar-refractivity contribution is 0.171. The third-order valence-corrected chi connectivity index (χ3v) is 4.65. The normalized spacial score (nSPS) is 24.9. The molecule has 1 fully saturated rings. The van der Waals surface area contributed by atoms with Crippen molar-refractivity contribution in [2.24, 2.45) is 5.41 Å². The number of fused-ring (bicyclic) bond motifs is 1. The van der Waals surface area contributed by atoms with Crippen LogP contribution in [0.5, 0.6) is 11.5 Å². The second-order valence-electron chi connectivity index (χ2n) is 7.13. The molecule has 0 aromatic heterocycles. The first-order chi connectivity index (χ1) is 10.6. The van der Waals surface area contributed by atoms with E-state index in [0.717, 1.165) is 18.0 Å². The van der Waals surface area contributed by atoms with E-state index < -0.39 is 0 Å². The highest BCUT2D eigenvalue weighted by Gasteiger charge is 2.30. The Hall–Kier alpha value is -1.48. The Morgan fingerprint density at radius 1 is 1.23 bits per heavy atom. The summed E-state index contributed by atoms with van der Waals surface area (Å²) < 4.78 is 11.3. The van der Waals surface area contributed by atoms with Crippen LogP contribution < -0.4 is 14.8 Å². The topological polar surface area (TPSA) is 30.5 Å². The fourth-order valence-corrected chi connectivity index (χ4v) is 3.70. The summed E-state index contributed by atoms with van der Waals surface area (Å²) in [5.74, 6) is 2.36. The van der Waals surface area contributed by atoms with Crippen LogP contribution >= 0.6 is 0 Å². The van der Waals surface area contributed by atoms with Crippen molar-refractivity contribution in [2.75, 3.05) is 19.8 Å². The van der Waals surface area contributed by atoms with Gasteiger partial charge in [0.2, 0.25) is 0 Å². The molecule has 2 heterocycles. The van der Waals surface area contributed by atoms with Gasteiger partial charge in [-0.1, -0.05) is 32.1 Å². The van der Waals surface area contributed by atoms with Gasteiger partial charge in [0.05, 0.1) is 0 Å². The Morgan fingerprint density at radius 3 is 2.77 bits per heavy atom.